The van der Waals surface area contributed by atoms with Gasteiger partial charge in [0.05, 0.1) is 7.11 Å². The normalized spacial score (nSPS) is 10.0. The molecule has 2 aromatic carbocycles. The van der Waals surface area contributed by atoms with Crippen molar-refractivity contribution in [1.29, 1.82) is 0 Å². The van der Waals surface area contributed by atoms with Gasteiger partial charge in [0.2, 0.25) is 0 Å². The van der Waals surface area contributed by atoms with Crippen LogP contribution in [0, 0.1) is 0 Å². The molecule has 0 radical (unpaired) electrons. The highest BCUT2D eigenvalue weighted by Gasteiger charge is 2.09. The largest absolute Gasteiger partial charge is 0.508 e. The number of benzene rings is 2. The Morgan fingerprint density at radius 1 is 0.917 bits per heavy atom. The van der Waals surface area contributed by atoms with Crippen LogP contribution in [0.1, 0.15) is 20.7 Å². The molecular formula is C17H18N2O5. The number of phenolic OH excluding ortho intramolecular Hbond substituents is 2. The molecule has 0 aromatic heterocycles. The number of ether oxygens (including phenoxy) is 1. The number of nitrogens with one attached hydrogen (secondary N) is 2. The minimum atomic E-state index is -0.461. The quantitative estimate of drug-likeness (QED) is 0.597. The van der Waals surface area contributed by atoms with Gasteiger partial charge in [-0.1, -0.05) is 6.07 Å². The summed E-state index contributed by atoms with van der Waals surface area (Å²) in [5.74, 6) is -0.562. The van der Waals surface area contributed by atoms with Crippen molar-refractivity contribution in [3.05, 3.63) is 53.6 Å². The van der Waals surface area contributed by atoms with E-state index in [0.29, 0.717) is 11.3 Å². The van der Waals surface area contributed by atoms with Gasteiger partial charge in [-0.2, -0.15) is 0 Å². The molecule has 0 saturated carbocycles. The molecule has 0 aliphatic rings. The van der Waals surface area contributed by atoms with E-state index >= 15 is 0 Å². The topological polar surface area (TPSA) is 108 Å². The summed E-state index contributed by atoms with van der Waals surface area (Å²) in [7, 11) is 1.52. The van der Waals surface area contributed by atoms with Crippen molar-refractivity contribution in [3.8, 4) is 17.2 Å². The van der Waals surface area contributed by atoms with Crippen molar-refractivity contribution in [2.24, 2.45) is 0 Å². The van der Waals surface area contributed by atoms with Crippen LogP contribution in [-0.4, -0.2) is 42.2 Å². The molecule has 2 rings (SSSR count). The summed E-state index contributed by atoms with van der Waals surface area (Å²) >= 11 is 0. The van der Waals surface area contributed by atoms with Crippen LogP contribution >= 0.6 is 0 Å². The maximum atomic E-state index is 12.0. The van der Waals surface area contributed by atoms with E-state index in [1.807, 2.05) is 0 Å². The van der Waals surface area contributed by atoms with Gasteiger partial charge in [-0.05, 0) is 30.3 Å². The van der Waals surface area contributed by atoms with E-state index in [4.69, 9.17) is 4.74 Å². The van der Waals surface area contributed by atoms with Gasteiger partial charge in [-0.25, -0.2) is 0 Å². The second-order valence-corrected chi connectivity index (χ2v) is 4.98. The van der Waals surface area contributed by atoms with E-state index in [9.17, 15) is 19.8 Å². The molecule has 0 bridgehead atoms. The Morgan fingerprint density at radius 3 is 2.08 bits per heavy atom. The third-order valence-corrected chi connectivity index (χ3v) is 3.19. The molecule has 0 heterocycles. The van der Waals surface area contributed by atoms with Gasteiger partial charge in [-0.3, -0.25) is 9.59 Å². The number of hydrogen-bond donors (Lipinski definition) is 4. The first-order valence-electron chi connectivity index (χ1n) is 7.23. The third kappa shape index (κ3) is 4.64. The Morgan fingerprint density at radius 2 is 1.50 bits per heavy atom. The second kappa shape index (κ2) is 7.87. The monoisotopic (exact) mass is 330 g/mol. The van der Waals surface area contributed by atoms with Crippen LogP contribution in [0.5, 0.6) is 17.2 Å². The van der Waals surface area contributed by atoms with Crippen LogP contribution in [0.2, 0.25) is 0 Å². The van der Waals surface area contributed by atoms with Crippen molar-refractivity contribution in [1.82, 2.24) is 10.6 Å². The zero-order valence-electron chi connectivity index (χ0n) is 13.1. The van der Waals surface area contributed by atoms with Gasteiger partial charge >= 0.3 is 0 Å². The molecule has 126 valence electrons. The minimum Gasteiger partial charge on any atom is -0.508 e. The molecule has 0 spiro atoms. The van der Waals surface area contributed by atoms with Gasteiger partial charge in [0.15, 0.2) is 0 Å². The zero-order chi connectivity index (χ0) is 17.5. The second-order valence-electron chi connectivity index (χ2n) is 4.98. The van der Waals surface area contributed by atoms with E-state index in [2.05, 4.69) is 10.6 Å². The lowest BCUT2D eigenvalue weighted by Crippen LogP contribution is -2.34. The van der Waals surface area contributed by atoms with E-state index in [1.165, 1.54) is 19.2 Å². The maximum Gasteiger partial charge on any atom is 0.251 e. The first-order chi connectivity index (χ1) is 11.5. The molecular weight excluding hydrogens is 312 g/mol. The van der Waals surface area contributed by atoms with Gasteiger partial charge in [0.1, 0.15) is 17.2 Å². The average molecular weight is 330 g/mol. The first kappa shape index (κ1) is 17.1. The van der Waals surface area contributed by atoms with E-state index < -0.39 is 5.91 Å². The van der Waals surface area contributed by atoms with E-state index in [1.54, 1.807) is 24.3 Å². The zero-order valence-corrected chi connectivity index (χ0v) is 13.1. The fraction of sp³-hybridized carbons (Fsp3) is 0.176. The minimum absolute atomic E-state index is 0.131. The third-order valence-electron chi connectivity index (χ3n) is 3.19. The standard InChI is InChI=1S/C17H18N2O5/c1-24-15-4-2-3-11(9-15)16(22)18-5-6-19-17(23)12-7-13(20)10-14(21)8-12/h2-4,7-10,20-21H,5-6H2,1H3,(H,18,22)(H,19,23). The summed E-state index contributed by atoms with van der Waals surface area (Å²) in [6.45, 7) is 0.428. The highest BCUT2D eigenvalue weighted by molar-refractivity contribution is 5.95. The molecule has 2 amide bonds. The number of aromatic hydroxyl groups is 2. The fourth-order valence-electron chi connectivity index (χ4n) is 2.05. The van der Waals surface area contributed by atoms with Crippen LogP contribution < -0.4 is 15.4 Å². The molecule has 0 fully saturated rings. The fourth-order valence-corrected chi connectivity index (χ4v) is 2.05. The summed E-state index contributed by atoms with van der Waals surface area (Å²) in [4.78, 5) is 23.9. The summed E-state index contributed by atoms with van der Waals surface area (Å²) in [5.41, 5.74) is 0.588. The lowest BCUT2D eigenvalue weighted by atomic mass is 10.2. The summed E-state index contributed by atoms with van der Waals surface area (Å²) in [6.07, 6.45) is 0. The molecule has 7 nitrogen and oxygen atoms in total. The number of phenols is 2. The molecule has 0 unspecified atom stereocenters. The van der Waals surface area contributed by atoms with Crippen molar-refractivity contribution < 1.29 is 24.5 Å². The molecule has 4 N–H and O–H groups in total. The highest BCUT2D eigenvalue weighted by Crippen LogP contribution is 2.20. The predicted molar refractivity (Wildman–Crippen MR) is 87.4 cm³/mol. The van der Waals surface area contributed by atoms with Gasteiger partial charge in [0, 0.05) is 30.3 Å². The molecule has 7 heteroatoms. The van der Waals surface area contributed by atoms with E-state index in [-0.39, 0.29) is 36.1 Å². The lowest BCUT2D eigenvalue weighted by molar-refractivity contribution is 0.0927. The number of carbonyl (C=O) groups excluding carboxylic acids is 2. The molecule has 0 aliphatic heterocycles. The van der Waals surface area contributed by atoms with Gasteiger partial charge in [-0.15, -0.1) is 0 Å². The van der Waals surface area contributed by atoms with E-state index in [0.717, 1.165) is 6.07 Å². The van der Waals surface area contributed by atoms with Gasteiger partial charge < -0.3 is 25.6 Å². The number of rotatable bonds is 6. The molecule has 2 aromatic rings. The first-order valence-corrected chi connectivity index (χ1v) is 7.23. The van der Waals surface area contributed by atoms with Crippen molar-refractivity contribution in [2.45, 2.75) is 0 Å². The number of methoxy groups -OCH3 is 1. The van der Waals surface area contributed by atoms with Crippen LogP contribution in [0.3, 0.4) is 0 Å². The Bertz CT molecular complexity index is 725. The van der Waals surface area contributed by atoms with Crippen LogP contribution in [-0.2, 0) is 0 Å². The lowest BCUT2D eigenvalue weighted by Gasteiger charge is -2.08. The average Bonchev–Trinajstić information content (AvgIpc) is 2.57. The molecule has 0 atom stereocenters. The molecule has 0 aliphatic carbocycles. The summed E-state index contributed by atoms with van der Waals surface area (Å²) < 4.78 is 5.05. The summed E-state index contributed by atoms with van der Waals surface area (Å²) in [5, 5.41) is 24.0. The maximum absolute atomic E-state index is 12.0. The Hall–Kier alpha value is -3.22. The Labute approximate surface area is 138 Å². The Balaban J connectivity index is 1.81. The number of amides is 2. The van der Waals surface area contributed by atoms with Gasteiger partial charge in [0.25, 0.3) is 11.8 Å². The molecule has 24 heavy (non-hydrogen) atoms. The van der Waals surface area contributed by atoms with Crippen molar-refractivity contribution >= 4 is 11.8 Å². The van der Waals surface area contributed by atoms with Crippen molar-refractivity contribution in [2.75, 3.05) is 20.2 Å². The summed E-state index contributed by atoms with van der Waals surface area (Å²) in [6, 6.07) is 10.3. The predicted octanol–water partition coefficient (Wildman–Crippen LogP) is 1.27. The Kier molecular flexibility index (Phi) is 5.62. The van der Waals surface area contributed by atoms with Crippen LogP contribution in [0.25, 0.3) is 0 Å². The van der Waals surface area contributed by atoms with Crippen LogP contribution in [0.4, 0.5) is 0 Å². The molecule has 0 saturated heterocycles. The smallest absolute Gasteiger partial charge is 0.251 e. The van der Waals surface area contributed by atoms with Crippen molar-refractivity contribution in [3.63, 3.8) is 0 Å². The number of carbonyl (C=O) groups is 2. The van der Waals surface area contributed by atoms with Crippen LogP contribution in [0.15, 0.2) is 42.5 Å². The number of hydrogen-bond acceptors (Lipinski definition) is 5. The highest BCUT2D eigenvalue weighted by atomic mass is 16.5. The SMILES string of the molecule is COc1cccc(C(=O)NCCNC(=O)c2cc(O)cc(O)c2)c1.